The molecule has 0 saturated heterocycles. The molecule has 0 radical (unpaired) electrons. The maximum atomic E-state index is 13.9. The Kier molecular flexibility index (Phi) is 3.76. The number of nitrogen functional groups attached to an aromatic ring is 1. The largest absolute Gasteiger partial charge is 0.573 e. The number of hydrogen-bond acceptors (Lipinski definition) is 2. The lowest BCUT2D eigenvalue weighted by molar-refractivity contribution is -0.274. The molecule has 2 nitrogen and oxygen atoms in total. The van der Waals surface area contributed by atoms with Gasteiger partial charge in [0.25, 0.3) is 0 Å². The molecule has 2 N–H and O–H groups in total. The number of nitrogens with two attached hydrogens (primary N) is 1. The van der Waals surface area contributed by atoms with Crippen molar-refractivity contribution in [2.45, 2.75) is 6.36 Å². The summed E-state index contributed by atoms with van der Waals surface area (Å²) in [6.45, 7) is 0. The van der Waals surface area contributed by atoms with Gasteiger partial charge in [-0.2, -0.15) is 0 Å². The zero-order valence-corrected chi connectivity index (χ0v) is 10.6. The van der Waals surface area contributed by atoms with Gasteiger partial charge in [0.1, 0.15) is 11.6 Å². The van der Waals surface area contributed by atoms with Crippen molar-refractivity contribution in [2.75, 3.05) is 5.73 Å². The molecular weight excluding hydrogens is 298 g/mol. The molecule has 0 fully saturated rings. The maximum absolute atomic E-state index is 13.9. The molecule has 0 unspecified atom stereocenters. The van der Waals surface area contributed by atoms with Crippen LogP contribution in [0.25, 0.3) is 11.1 Å². The molecule has 0 heterocycles. The summed E-state index contributed by atoms with van der Waals surface area (Å²) in [5.74, 6) is -1.30. The first kappa shape index (κ1) is 14.5. The summed E-state index contributed by atoms with van der Waals surface area (Å²) in [7, 11) is 0. The first-order valence-electron chi connectivity index (χ1n) is 5.37. The Labute approximate surface area is 116 Å². The summed E-state index contributed by atoms with van der Waals surface area (Å²) < 4.78 is 54.7. The third kappa shape index (κ3) is 3.14. The van der Waals surface area contributed by atoms with Crippen molar-refractivity contribution in [1.82, 2.24) is 0 Å². The second-order valence-corrected chi connectivity index (χ2v) is 4.30. The van der Waals surface area contributed by atoms with E-state index in [1.54, 1.807) is 0 Å². The minimum absolute atomic E-state index is 0.0135. The quantitative estimate of drug-likeness (QED) is 0.648. The molecule has 2 aromatic rings. The average molecular weight is 306 g/mol. The number of halogens is 5. The summed E-state index contributed by atoms with van der Waals surface area (Å²) >= 11 is 5.64. The number of hydrogen-bond donors (Lipinski definition) is 1. The van der Waals surface area contributed by atoms with Crippen LogP contribution in [0, 0.1) is 5.82 Å². The second-order valence-electron chi connectivity index (χ2n) is 3.90. The molecule has 0 aliphatic rings. The minimum atomic E-state index is -4.87. The fourth-order valence-electron chi connectivity index (χ4n) is 1.67. The first-order valence-corrected chi connectivity index (χ1v) is 5.75. The van der Waals surface area contributed by atoms with E-state index in [4.69, 9.17) is 17.3 Å². The minimum Gasteiger partial charge on any atom is -0.405 e. The van der Waals surface area contributed by atoms with Crippen LogP contribution in [0.3, 0.4) is 0 Å². The van der Waals surface area contributed by atoms with E-state index < -0.39 is 17.9 Å². The topological polar surface area (TPSA) is 35.2 Å². The van der Waals surface area contributed by atoms with E-state index in [2.05, 4.69) is 4.74 Å². The highest BCUT2D eigenvalue weighted by Gasteiger charge is 2.32. The van der Waals surface area contributed by atoms with Gasteiger partial charge in [-0.05, 0) is 18.2 Å². The third-order valence-electron chi connectivity index (χ3n) is 2.49. The van der Waals surface area contributed by atoms with Gasteiger partial charge in [0.05, 0.1) is 10.7 Å². The average Bonchev–Trinajstić information content (AvgIpc) is 2.33. The van der Waals surface area contributed by atoms with Crippen LogP contribution in [0.15, 0.2) is 36.4 Å². The standard InChI is InChI=1S/C13H8ClF4NO/c14-9-6-10(15)8(5-11(9)19)7-3-1-2-4-12(7)20-13(16,17)18/h1-6H,19H2. The number of benzene rings is 2. The molecule has 0 saturated carbocycles. The van der Waals surface area contributed by atoms with Crippen LogP contribution in [0.1, 0.15) is 0 Å². The van der Waals surface area contributed by atoms with Crippen molar-refractivity contribution in [1.29, 1.82) is 0 Å². The highest BCUT2D eigenvalue weighted by atomic mass is 35.5. The zero-order chi connectivity index (χ0) is 14.9. The zero-order valence-electron chi connectivity index (χ0n) is 9.84. The van der Waals surface area contributed by atoms with Crippen molar-refractivity contribution in [3.05, 3.63) is 47.2 Å². The Morgan fingerprint density at radius 2 is 1.70 bits per heavy atom. The van der Waals surface area contributed by atoms with Gasteiger partial charge >= 0.3 is 6.36 Å². The fraction of sp³-hybridized carbons (Fsp3) is 0.0769. The van der Waals surface area contributed by atoms with Crippen LogP contribution in [0.2, 0.25) is 5.02 Å². The molecule has 0 bridgehead atoms. The summed E-state index contributed by atoms with van der Waals surface area (Å²) in [5, 5.41) is -0.0135. The first-order chi connectivity index (χ1) is 9.28. The third-order valence-corrected chi connectivity index (χ3v) is 2.82. The summed E-state index contributed by atoms with van der Waals surface area (Å²) in [4.78, 5) is 0. The highest BCUT2D eigenvalue weighted by molar-refractivity contribution is 6.33. The number of para-hydroxylation sites is 1. The molecule has 0 aliphatic carbocycles. The monoisotopic (exact) mass is 305 g/mol. The van der Waals surface area contributed by atoms with E-state index in [0.29, 0.717) is 0 Å². The number of anilines is 1. The molecule has 0 aliphatic heterocycles. The molecule has 0 spiro atoms. The van der Waals surface area contributed by atoms with Crippen molar-refractivity contribution in [3.8, 4) is 16.9 Å². The van der Waals surface area contributed by atoms with Crippen LogP contribution in [0.4, 0.5) is 23.2 Å². The SMILES string of the molecule is Nc1cc(-c2ccccc2OC(F)(F)F)c(F)cc1Cl. The van der Waals surface area contributed by atoms with Gasteiger partial charge < -0.3 is 10.5 Å². The molecular formula is C13H8ClF4NO. The Morgan fingerprint density at radius 3 is 2.35 bits per heavy atom. The van der Waals surface area contributed by atoms with Gasteiger partial charge in [-0.1, -0.05) is 29.8 Å². The van der Waals surface area contributed by atoms with E-state index >= 15 is 0 Å². The van der Waals surface area contributed by atoms with Crippen LogP contribution < -0.4 is 10.5 Å². The Morgan fingerprint density at radius 1 is 1.05 bits per heavy atom. The van der Waals surface area contributed by atoms with Crippen molar-refractivity contribution in [3.63, 3.8) is 0 Å². The lowest BCUT2D eigenvalue weighted by Gasteiger charge is -2.14. The number of ether oxygens (including phenoxy) is 1. The van der Waals surface area contributed by atoms with Gasteiger partial charge in [0.2, 0.25) is 0 Å². The Balaban J connectivity index is 2.56. The predicted molar refractivity (Wildman–Crippen MR) is 67.9 cm³/mol. The molecule has 106 valence electrons. The van der Waals surface area contributed by atoms with Crippen LogP contribution in [0.5, 0.6) is 5.75 Å². The van der Waals surface area contributed by atoms with E-state index in [1.165, 1.54) is 18.2 Å². The summed E-state index contributed by atoms with van der Waals surface area (Å²) in [6, 6.07) is 7.30. The van der Waals surface area contributed by atoms with Crippen LogP contribution in [-0.2, 0) is 0 Å². The van der Waals surface area contributed by atoms with Crippen molar-refractivity contribution >= 4 is 17.3 Å². The molecule has 0 amide bonds. The van der Waals surface area contributed by atoms with Crippen molar-refractivity contribution in [2.24, 2.45) is 0 Å². The second kappa shape index (κ2) is 5.20. The summed E-state index contributed by atoms with van der Waals surface area (Å²) in [5.41, 5.74) is 5.42. The molecule has 2 aromatic carbocycles. The van der Waals surface area contributed by atoms with Crippen LogP contribution >= 0.6 is 11.6 Å². The Hall–Kier alpha value is -1.95. The van der Waals surface area contributed by atoms with Gasteiger partial charge in [-0.15, -0.1) is 13.2 Å². The van der Waals surface area contributed by atoms with Gasteiger partial charge in [-0.3, -0.25) is 0 Å². The maximum Gasteiger partial charge on any atom is 0.573 e. The Bertz CT molecular complexity index is 643. The van der Waals surface area contributed by atoms with E-state index in [-0.39, 0.29) is 21.8 Å². The molecule has 2 rings (SSSR count). The van der Waals surface area contributed by atoms with E-state index in [1.807, 2.05) is 0 Å². The van der Waals surface area contributed by atoms with Crippen molar-refractivity contribution < 1.29 is 22.3 Å². The fourth-order valence-corrected chi connectivity index (χ4v) is 1.83. The summed E-state index contributed by atoms with van der Waals surface area (Å²) in [6.07, 6.45) is -4.87. The molecule has 0 atom stereocenters. The predicted octanol–water partition coefficient (Wildman–Crippen LogP) is 4.63. The smallest absolute Gasteiger partial charge is 0.405 e. The normalized spacial score (nSPS) is 11.4. The van der Waals surface area contributed by atoms with Gasteiger partial charge in [0, 0.05) is 11.1 Å². The molecule has 0 aromatic heterocycles. The highest BCUT2D eigenvalue weighted by Crippen LogP contribution is 2.37. The molecule has 20 heavy (non-hydrogen) atoms. The number of rotatable bonds is 2. The number of alkyl halides is 3. The lowest BCUT2D eigenvalue weighted by Crippen LogP contribution is -2.17. The van der Waals surface area contributed by atoms with Gasteiger partial charge in [0.15, 0.2) is 0 Å². The van der Waals surface area contributed by atoms with E-state index in [9.17, 15) is 17.6 Å². The van der Waals surface area contributed by atoms with Gasteiger partial charge in [-0.25, -0.2) is 4.39 Å². The molecule has 7 heteroatoms. The van der Waals surface area contributed by atoms with Crippen LogP contribution in [-0.4, -0.2) is 6.36 Å². The lowest BCUT2D eigenvalue weighted by atomic mass is 10.0. The van der Waals surface area contributed by atoms with E-state index in [0.717, 1.165) is 18.2 Å².